The fourth-order valence-electron chi connectivity index (χ4n) is 5.80. The molecule has 4 heteroatoms. The predicted octanol–water partition coefficient (Wildman–Crippen LogP) is 13.2. The first-order valence-corrected chi connectivity index (χ1v) is 19.3. The number of hydrogen-bond acceptors (Lipinski definition) is 3. The summed E-state index contributed by atoms with van der Waals surface area (Å²) in [4.78, 5) is 23.1. The van der Waals surface area contributed by atoms with Gasteiger partial charge in [-0.05, 0) is 70.6 Å². The van der Waals surface area contributed by atoms with Crippen molar-refractivity contribution >= 4 is 11.9 Å². The van der Waals surface area contributed by atoms with Gasteiger partial charge < -0.3 is 9.84 Å². The molecule has 0 aliphatic rings. The lowest BCUT2D eigenvalue weighted by Crippen LogP contribution is -2.18. The van der Waals surface area contributed by atoms with Crippen LogP contribution in [0.5, 0.6) is 0 Å². The van der Waals surface area contributed by atoms with E-state index in [1.807, 2.05) is 0 Å². The van der Waals surface area contributed by atoms with E-state index in [9.17, 15) is 9.59 Å². The number of carboxylic acid groups (broad SMARTS) is 1. The Kier molecular flexibility index (Phi) is 34.6. The molecule has 0 aromatic heterocycles. The zero-order chi connectivity index (χ0) is 32.2. The van der Waals surface area contributed by atoms with Crippen LogP contribution in [0.2, 0.25) is 0 Å². The molecule has 0 heterocycles. The molecule has 1 unspecified atom stereocenters. The maximum absolute atomic E-state index is 12.5. The van der Waals surface area contributed by atoms with E-state index in [1.165, 1.54) is 122 Å². The van der Waals surface area contributed by atoms with Gasteiger partial charge in [-0.15, -0.1) is 0 Å². The second-order valence-corrected chi connectivity index (χ2v) is 13.1. The van der Waals surface area contributed by atoms with Crippen molar-refractivity contribution in [1.29, 1.82) is 0 Å². The Morgan fingerprint density at radius 2 is 0.886 bits per heavy atom. The zero-order valence-corrected chi connectivity index (χ0v) is 29.5. The van der Waals surface area contributed by atoms with Gasteiger partial charge in [-0.25, -0.2) is 0 Å². The first kappa shape index (κ1) is 42.4. The number of allylic oxidation sites excluding steroid dienone is 4. The highest BCUT2D eigenvalue weighted by molar-refractivity contribution is 5.69. The molecule has 0 aliphatic carbocycles. The summed E-state index contributed by atoms with van der Waals surface area (Å²) < 4.78 is 5.89. The van der Waals surface area contributed by atoms with Crippen LogP contribution in [-0.2, 0) is 14.3 Å². The molecular formula is C40H74O4. The number of carboxylic acids is 1. The van der Waals surface area contributed by atoms with Gasteiger partial charge in [0.2, 0.25) is 0 Å². The smallest absolute Gasteiger partial charge is 0.306 e. The number of aliphatic carboxylic acids is 1. The third-order valence-corrected chi connectivity index (χ3v) is 8.68. The van der Waals surface area contributed by atoms with Crippen LogP contribution in [0.1, 0.15) is 213 Å². The first-order valence-electron chi connectivity index (χ1n) is 19.3. The number of rotatable bonds is 35. The van der Waals surface area contributed by atoms with E-state index in [0.717, 1.165) is 64.2 Å². The van der Waals surface area contributed by atoms with Crippen LogP contribution in [0.4, 0.5) is 0 Å². The molecule has 1 N–H and O–H groups in total. The Bertz CT molecular complexity index is 668. The lowest BCUT2D eigenvalue weighted by atomic mass is 10.0. The third-order valence-electron chi connectivity index (χ3n) is 8.68. The highest BCUT2D eigenvalue weighted by Crippen LogP contribution is 2.18. The molecule has 0 saturated heterocycles. The van der Waals surface area contributed by atoms with Crippen molar-refractivity contribution in [2.45, 2.75) is 219 Å². The summed E-state index contributed by atoms with van der Waals surface area (Å²) in [5.74, 6) is -0.734. The van der Waals surface area contributed by atoms with Crippen molar-refractivity contribution in [3.05, 3.63) is 24.3 Å². The summed E-state index contributed by atoms with van der Waals surface area (Å²) in [6.07, 6.45) is 45.1. The molecule has 0 aromatic rings. The summed E-state index contributed by atoms with van der Waals surface area (Å²) in [7, 11) is 0. The Morgan fingerprint density at radius 1 is 0.500 bits per heavy atom. The van der Waals surface area contributed by atoms with Crippen LogP contribution in [0.15, 0.2) is 24.3 Å². The van der Waals surface area contributed by atoms with Gasteiger partial charge >= 0.3 is 11.9 Å². The maximum Gasteiger partial charge on any atom is 0.306 e. The van der Waals surface area contributed by atoms with Crippen molar-refractivity contribution in [2.24, 2.45) is 0 Å². The second kappa shape index (κ2) is 35.9. The van der Waals surface area contributed by atoms with E-state index < -0.39 is 5.97 Å². The Balaban J connectivity index is 3.64. The molecule has 0 amide bonds. The number of hydrogen-bond donors (Lipinski definition) is 1. The summed E-state index contributed by atoms with van der Waals surface area (Å²) in [5, 5.41) is 8.78. The van der Waals surface area contributed by atoms with Crippen molar-refractivity contribution in [1.82, 2.24) is 0 Å². The first-order chi connectivity index (χ1) is 21.6. The quantitative estimate of drug-likeness (QED) is 0.0436. The summed E-state index contributed by atoms with van der Waals surface area (Å²) in [5.41, 5.74) is 0. The number of carbonyl (C=O) groups excluding carboxylic acids is 1. The minimum absolute atomic E-state index is 0.0211. The van der Waals surface area contributed by atoms with Gasteiger partial charge in [0.05, 0.1) is 0 Å². The van der Waals surface area contributed by atoms with Gasteiger partial charge in [0.15, 0.2) is 0 Å². The zero-order valence-electron chi connectivity index (χ0n) is 29.5. The highest BCUT2D eigenvalue weighted by Gasteiger charge is 2.14. The number of esters is 1. The predicted molar refractivity (Wildman–Crippen MR) is 190 cm³/mol. The molecule has 0 radical (unpaired) electrons. The van der Waals surface area contributed by atoms with Gasteiger partial charge in [0.25, 0.3) is 0 Å². The minimum Gasteiger partial charge on any atom is -0.481 e. The van der Waals surface area contributed by atoms with Gasteiger partial charge in [-0.2, -0.15) is 0 Å². The molecule has 258 valence electrons. The fourth-order valence-corrected chi connectivity index (χ4v) is 5.80. The van der Waals surface area contributed by atoms with Gasteiger partial charge in [-0.1, -0.05) is 154 Å². The monoisotopic (exact) mass is 619 g/mol. The van der Waals surface area contributed by atoms with Crippen LogP contribution < -0.4 is 0 Å². The third kappa shape index (κ3) is 34.9. The van der Waals surface area contributed by atoms with E-state index in [1.54, 1.807) is 0 Å². The average molecular weight is 619 g/mol. The molecule has 0 aliphatic heterocycles. The lowest BCUT2D eigenvalue weighted by molar-refractivity contribution is -0.150. The van der Waals surface area contributed by atoms with E-state index in [2.05, 4.69) is 38.2 Å². The molecule has 0 saturated carbocycles. The van der Waals surface area contributed by atoms with Crippen LogP contribution in [0, 0.1) is 0 Å². The van der Waals surface area contributed by atoms with Crippen LogP contribution in [0.3, 0.4) is 0 Å². The number of unbranched alkanes of at least 4 members (excludes halogenated alkanes) is 22. The van der Waals surface area contributed by atoms with Crippen molar-refractivity contribution in [2.75, 3.05) is 0 Å². The highest BCUT2D eigenvalue weighted by atomic mass is 16.5. The Morgan fingerprint density at radius 3 is 1.36 bits per heavy atom. The van der Waals surface area contributed by atoms with Crippen LogP contribution in [-0.4, -0.2) is 23.1 Å². The normalized spacial score (nSPS) is 12.4. The van der Waals surface area contributed by atoms with Crippen molar-refractivity contribution < 1.29 is 19.4 Å². The van der Waals surface area contributed by atoms with Crippen molar-refractivity contribution in [3.8, 4) is 0 Å². The average Bonchev–Trinajstić information content (AvgIpc) is 3.01. The summed E-state index contributed by atoms with van der Waals surface area (Å²) in [6, 6.07) is 0. The fraction of sp³-hybridized carbons (Fsp3) is 0.850. The van der Waals surface area contributed by atoms with E-state index in [0.29, 0.717) is 6.42 Å². The molecule has 44 heavy (non-hydrogen) atoms. The lowest BCUT2D eigenvalue weighted by Gasteiger charge is -2.18. The van der Waals surface area contributed by atoms with E-state index in [4.69, 9.17) is 9.84 Å². The van der Waals surface area contributed by atoms with E-state index in [-0.39, 0.29) is 18.5 Å². The molecular weight excluding hydrogens is 544 g/mol. The maximum atomic E-state index is 12.5. The van der Waals surface area contributed by atoms with Gasteiger partial charge in [-0.3, -0.25) is 9.59 Å². The molecule has 1 atom stereocenters. The molecule has 4 nitrogen and oxygen atoms in total. The van der Waals surface area contributed by atoms with E-state index >= 15 is 0 Å². The van der Waals surface area contributed by atoms with Gasteiger partial charge in [0.1, 0.15) is 6.10 Å². The minimum atomic E-state index is -0.713. The van der Waals surface area contributed by atoms with Gasteiger partial charge in [0, 0.05) is 12.8 Å². The number of carbonyl (C=O) groups is 2. The molecule has 0 bridgehead atoms. The Labute approximate surface area is 274 Å². The standard InChI is InChI=1S/C40H74O4/c1-3-5-7-9-10-11-12-13-14-15-16-17-18-19-20-21-22-23-24-25-26-27-33-37-40(43)44-38(34-30-8-6-4-2)35-31-28-29-32-36-39(41)42/h12-13,15-16,38H,3-11,14,17-37H2,1-2H3,(H,41,42)/b13-12-,16-15-. The Hall–Kier alpha value is -1.58. The summed E-state index contributed by atoms with van der Waals surface area (Å²) in [6.45, 7) is 4.49. The molecule has 0 aromatic carbocycles. The molecule has 0 fully saturated rings. The van der Waals surface area contributed by atoms with Crippen molar-refractivity contribution in [3.63, 3.8) is 0 Å². The molecule has 0 rings (SSSR count). The second-order valence-electron chi connectivity index (χ2n) is 13.1. The molecule has 0 spiro atoms. The summed E-state index contributed by atoms with van der Waals surface area (Å²) >= 11 is 0. The SMILES string of the molecule is CCCCCCC/C=C\C/C=C\CCCCCCCCCCCCCC(=O)OC(CCCCCC)CCCCCCC(=O)O. The van der Waals surface area contributed by atoms with Crippen LogP contribution >= 0.6 is 0 Å². The van der Waals surface area contributed by atoms with Crippen LogP contribution in [0.25, 0.3) is 0 Å². The largest absolute Gasteiger partial charge is 0.481 e. The number of ether oxygens (including phenoxy) is 1. The topological polar surface area (TPSA) is 63.6 Å².